The van der Waals surface area contributed by atoms with Crippen LogP contribution in [-0.2, 0) is 16.1 Å². The van der Waals surface area contributed by atoms with Gasteiger partial charge in [0, 0.05) is 13.6 Å². The van der Waals surface area contributed by atoms with E-state index in [1.807, 2.05) is 19.2 Å². The highest BCUT2D eigenvalue weighted by Gasteiger charge is 2.33. The highest BCUT2D eigenvalue weighted by molar-refractivity contribution is 5.84. The van der Waals surface area contributed by atoms with Gasteiger partial charge in [0.15, 0.2) is 6.10 Å². The molecule has 1 aliphatic heterocycles. The molecule has 0 N–H and O–H groups in total. The van der Waals surface area contributed by atoms with E-state index in [1.54, 1.807) is 4.90 Å². The smallest absolute Gasteiger partial charge is 0.254 e. The van der Waals surface area contributed by atoms with Crippen molar-refractivity contribution in [2.75, 3.05) is 13.7 Å². The van der Waals surface area contributed by atoms with Crippen LogP contribution >= 0.6 is 0 Å². The Labute approximate surface area is 106 Å². The topological polar surface area (TPSA) is 32.8 Å². The molecule has 0 radical (unpaired) electrons. The molecule has 1 aliphatic rings. The third-order valence-corrected chi connectivity index (χ3v) is 3.22. The summed E-state index contributed by atoms with van der Waals surface area (Å²) in [7, 11) is 1.82. The van der Waals surface area contributed by atoms with E-state index in [-0.39, 0.29) is 12.0 Å². The van der Waals surface area contributed by atoms with Gasteiger partial charge in [0.2, 0.25) is 0 Å². The van der Waals surface area contributed by atoms with Crippen molar-refractivity contribution in [3.63, 3.8) is 0 Å². The van der Waals surface area contributed by atoms with Gasteiger partial charge in [0.25, 0.3) is 5.91 Å². The van der Waals surface area contributed by atoms with Gasteiger partial charge >= 0.3 is 0 Å². The summed E-state index contributed by atoms with van der Waals surface area (Å²) in [4.78, 5) is 13.5. The number of nitrogens with zero attached hydrogens (tertiary/aromatic N) is 1. The number of carbonyl (C=O) groups is 1. The zero-order valence-corrected chi connectivity index (χ0v) is 10.3. The molecular weight excluding hydrogens is 226 g/mol. The summed E-state index contributed by atoms with van der Waals surface area (Å²) in [5, 5.41) is 2.43. The second-order valence-electron chi connectivity index (χ2n) is 4.70. The molecule has 1 saturated heterocycles. The molecule has 1 heterocycles. The van der Waals surface area contributed by atoms with E-state index in [0.717, 1.165) is 5.56 Å². The molecule has 2 aromatic rings. The minimum absolute atomic E-state index is 0.0724. The van der Waals surface area contributed by atoms with Gasteiger partial charge in [0.1, 0.15) is 0 Å². The number of fused-ring (bicyclic) bond motifs is 1. The summed E-state index contributed by atoms with van der Waals surface area (Å²) in [5.74, 6) is 0.0724. The third kappa shape index (κ3) is 2.22. The number of carbonyl (C=O) groups excluding carboxylic acids is 1. The van der Waals surface area contributed by atoms with Gasteiger partial charge < -0.3 is 9.64 Å². The van der Waals surface area contributed by atoms with Crippen molar-refractivity contribution in [3.05, 3.63) is 48.0 Å². The van der Waals surface area contributed by atoms with Gasteiger partial charge in [-0.1, -0.05) is 36.4 Å². The maximum atomic E-state index is 11.8. The monoisotopic (exact) mass is 241 g/mol. The molecule has 0 aliphatic carbocycles. The van der Waals surface area contributed by atoms with Crippen LogP contribution in [0.5, 0.6) is 0 Å². The molecule has 0 spiro atoms. The molecule has 92 valence electrons. The zero-order chi connectivity index (χ0) is 12.5. The average molecular weight is 241 g/mol. The second kappa shape index (κ2) is 4.42. The normalized spacial score (nSPS) is 17.7. The molecule has 1 amide bonds. The summed E-state index contributed by atoms with van der Waals surface area (Å²) in [5.41, 5.74) is 1.14. The van der Waals surface area contributed by atoms with Gasteiger partial charge in [-0.2, -0.15) is 0 Å². The van der Waals surface area contributed by atoms with E-state index in [4.69, 9.17) is 4.74 Å². The van der Waals surface area contributed by atoms with E-state index in [9.17, 15) is 4.79 Å². The number of epoxide rings is 1. The number of hydrogen-bond donors (Lipinski definition) is 0. The van der Waals surface area contributed by atoms with E-state index < -0.39 is 0 Å². The molecule has 1 fully saturated rings. The van der Waals surface area contributed by atoms with E-state index >= 15 is 0 Å². The zero-order valence-electron chi connectivity index (χ0n) is 10.3. The van der Waals surface area contributed by atoms with Crippen molar-refractivity contribution in [2.45, 2.75) is 12.6 Å². The van der Waals surface area contributed by atoms with Crippen molar-refractivity contribution in [3.8, 4) is 0 Å². The Hall–Kier alpha value is -1.87. The van der Waals surface area contributed by atoms with Crippen LogP contribution in [0.15, 0.2) is 42.5 Å². The van der Waals surface area contributed by atoms with Crippen molar-refractivity contribution in [1.29, 1.82) is 0 Å². The predicted octanol–water partition coefficient (Wildman–Crippen LogP) is 2.20. The standard InChI is InChI=1S/C15H15NO2/c1-16(15(17)14-10-18-14)9-11-6-7-12-4-2-3-5-13(12)8-11/h2-8,14H,9-10H2,1H3. The first-order valence-corrected chi connectivity index (χ1v) is 6.08. The molecule has 3 nitrogen and oxygen atoms in total. The lowest BCUT2D eigenvalue weighted by atomic mass is 10.1. The molecule has 1 atom stereocenters. The van der Waals surface area contributed by atoms with Gasteiger partial charge in [-0.15, -0.1) is 0 Å². The summed E-state index contributed by atoms with van der Waals surface area (Å²) in [6.45, 7) is 1.20. The maximum Gasteiger partial charge on any atom is 0.254 e. The molecule has 0 saturated carbocycles. The van der Waals surface area contributed by atoms with Crippen LogP contribution in [0.2, 0.25) is 0 Å². The lowest BCUT2D eigenvalue weighted by molar-refractivity contribution is -0.131. The van der Waals surface area contributed by atoms with Crippen LogP contribution in [0.1, 0.15) is 5.56 Å². The van der Waals surface area contributed by atoms with Crippen molar-refractivity contribution >= 4 is 16.7 Å². The van der Waals surface area contributed by atoms with E-state index in [1.165, 1.54) is 10.8 Å². The molecule has 0 bridgehead atoms. The van der Waals surface area contributed by atoms with Crippen molar-refractivity contribution in [2.24, 2.45) is 0 Å². The lowest BCUT2D eigenvalue weighted by Gasteiger charge is -2.16. The van der Waals surface area contributed by atoms with Crippen LogP contribution in [-0.4, -0.2) is 30.6 Å². The van der Waals surface area contributed by atoms with Gasteiger partial charge in [-0.3, -0.25) is 4.79 Å². The lowest BCUT2D eigenvalue weighted by Crippen LogP contribution is -2.30. The maximum absolute atomic E-state index is 11.8. The Morgan fingerprint density at radius 2 is 2.00 bits per heavy atom. The van der Waals surface area contributed by atoms with Crippen LogP contribution < -0.4 is 0 Å². The summed E-state index contributed by atoms with van der Waals surface area (Å²) in [6.07, 6.45) is -0.199. The summed E-state index contributed by atoms with van der Waals surface area (Å²) >= 11 is 0. The molecule has 0 aromatic heterocycles. The van der Waals surface area contributed by atoms with Gasteiger partial charge in [-0.25, -0.2) is 0 Å². The Balaban J connectivity index is 1.79. The number of benzene rings is 2. The first-order valence-electron chi connectivity index (χ1n) is 6.08. The molecular formula is C15H15NO2. The molecule has 3 heteroatoms. The first-order chi connectivity index (χ1) is 8.74. The Morgan fingerprint density at radius 3 is 2.72 bits per heavy atom. The number of hydrogen-bond acceptors (Lipinski definition) is 2. The first kappa shape index (κ1) is 11.2. The average Bonchev–Trinajstić information content (AvgIpc) is 3.22. The number of rotatable bonds is 3. The molecule has 2 aromatic carbocycles. The number of amides is 1. The van der Waals surface area contributed by atoms with Crippen LogP contribution in [0.25, 0.3) is 10.8 Å². The van der Waals surface area contributed by atoms with Gasteiger partial charge in [0.05, 0.1) is 6.61 Å². The molecule has 3 rings (SSSR count). The highest BCUT2D eigenvalue weighted by Crippen LogP contribution is 2.18. The minimum atomic E-state index is -0.199. The SMILES string of the molecule is CN(Cc1ccc2ccccc2c1)C(=O)C1CO1. The Bertz CT molecular complexity index is 590. The Kier molecular flexibility index (Phi) is 2.76. The second-order valence-corrected chi connectivity index (χ2v) is 4.70. The number of likely N-dealkylation sites (N-methyl/N-ethyl adjacent to an activating group) is 1. The third-order valence-electron chi connectivity index (χ3n) is 3.22. The molecule has 18 heavy (non-hydrogen) atoms. The van der Waals surface area contributed by atoms with Crippen LogP contribution in [0, 0.1) is 0 Å². The fourth-order valence-corrected chi connectivity index (χ4v) is 2.13. The van der Waals surface area contributed by atoms with E-state index in [2.05, 4.69) is 30.3 Å². The molecule has 1 unspecified atom stereocenters. The Morgan fingerprint density at radius 1 is 1.28 bits per heavy atom. The van der Waals surface area contributed by atoms with Crippen molar-refractivity contribution in [1.82, 2.24) is 4.90 Å². The summed E-state index contributed by atoms with van der Waals surface area (Å²) in [6, 6.07) is 14.5. The highest BCUT2D eigenvalue weighted by atomic mass is 16.6. The quantitative estimate of drug-likeness (QED) is 0.772. The number of ether oxygens (including phenoxy) is 1. The van der Waals surface area contributed by atoms with E-state index in [0.29, 0.717) is 13.2 Å². The van der Waals surface area contributed by atoms with Crippen LogP contribution in [0.4, 0.5) is 0 Å². The fraction of sp³-hybridized carbons (Fsp3) is 0.267. The fourth-order valence-electron chi connectivity index (χ4n) is 2.13. The van der Waals surface area contributed by atoms with Crippen LogP contribution in [0.3, 0.4) is 0 Å². The largest absolute Gasteiger partial charge is 0.363 e. The van der Waals surface area contributed by atoms with Crippen molar-refractivity contribution < 1.29 is 9.53 Å². The van der Waals surface area contributed by atoms with Gasteiger partial charge in [-0.05, 0) is 22.4 Å². The minimum Gasteiger partial charge on any atom is -0.363 e. The predicted molar refractivity (Wildman–Crippen MR) is 70.2 cm³/mol. The summed E-state index contributed by atoms with van der Waals surface area (Å²) < 4.78 is 5.01.